The fourth-order valence-electron chi connectivity index (χ4n) is 9.76. The van der Waals surface area contributed by atoms with E-state index in [4.69, 9.17) is 0 Å². The summed E-state index contributed by atoms with van der Waals surface area (Å²) in [5.41, 5.74) is 12.3. The number of nitrogens with zero attached hydrogens (tertiary/aromatic N) is 2. The van der Waals surface area contributed by atoms with Gasteiger partial charge in [0.25, 0.3) is 0 Å². The van der Waals surface area contributed by atoms with E-state index in [0.717, 1.165) is 22.7 Å². The van der Waals surface area contributed by atoms with Gasteiger partial charge in [0.2, 0.25) is 0 Å². The molecule has 0 aliphatic heterocycles. The summed E-state index contributed by atoms with van der Waals surface area (Å²) in [6.07, 6.45) is 0. The van der Waals surface area contributed by atoms with Crippen LogP contribution in [-0.4, -0.2) is 0 Å². The molecular weight excluding hydrogens is 829 g/mol. The molecule has 0 fully saturated rings. The van der Waals surface area contributed by atoms with Crippen LogP contribution in [0.25, 0.3) is 52.5 Å². The topological polar surface area (TPSA) is 6.48 Å². The molecule has 0 bridgehead atoms. The van der Waals surface area contributed by atoms with E-state index in [1.54, 1.807) is 0 Å². The number of benzene rings is 9. The van der Waals surface area contributed by atoms with E-state index in [1.165, 1.54) is 86.1 Å². The SMILES string of the molecule is CC(C)(C)c1cc(N(c2ccccc2)c2ccc3c(ccc4c3sc3c5ccc(N(c6ccccc6)c6cc(C(C)(C)C)cc(C(C)(C)C)c6)cc5c5ccccc5c43)c2)cc(C(C)(C)C)c1. The maximum Gasteiger partial charge on any atom is 0.0468 e. The average molecular weight is 893 g/mol. The van der Waals surface area contributed by atoms with Crippen molar-refractivity contribution in [2.45, 2.75) is 105 Å². The second-order valence-corrected chi connectivity index (χ2v) is 23.8. The van der Waals surface area contributed by atoms with Crippen LogP contribution in [0, 0.1) is 0 Å². The first-order valence-corrected chi connectivity index (χ1v) is 24.8. The fraction of sp³-hybridized carbons (Fsp3) is 0.250. The lowest BCUT2D eigenvalue weighted by Gasteiger charge is -2.31. The zero-order chi connectivity index (χ0) is 47.2. The summed E-state index contributed by atoms with van der Waals surface area (Å²) in [4.78, 5) is 4.90. The van der Waals surface area contributed by atoms with E-state index in [0.29, 0.717) is 0 Å². The van der Waals surface area contributed by atoms with Crippen molar-refractivity contribution >= 4 is 98.0 Å². The highest BCUT2D eigenvalue weighted by atomic mass is 32.1. The molecule has 67 heavy (non-hydrogen) atoms. The van der Waals surface area contributed by atoms with Gasteiger partial charge in [-0.25, -0.2) is 0 Å². The Morgan fingerprint density at radius 1 is 0.284 bits per heavy atom. The lowest BCUT2D eigenvalue weighted by Crippen LogP contribution is -2.19. The van der Waals surface area contributed by atoms with Gasteiger partial charge < -0.3 is 9.80 Å². The van der Waals surface area contributed by atoms with Crippen molar-refractivity contribution in [3.63, 3.8) is 0 Å². The molecule has 0 saturated carbocycles. The van der Waals surface area contributed by atoms with Crippen molar-refractivity contribution in [1.29, 1.82) is 0 Å². The summed E-state index contributed by atoms with van der Waals surface area (Å²) in [6, 6.07) is 64.2. The van der Waals surface area contributed by atoms with Gasteiger partial charge in [0.1, 0.15) is 0 Å². The van der Waals surface area contributed by atoms with E-state index in [9.17, 15) is 0 Å². The van der Waals surface area contributed by atoms with Crippen molar-refractivity contribution in [3.8, 4) is 0 Å². The van der Waals surface area contributed by atoms with Crippen molar-refractivity contribution < 1.29 is 0 Å². The molecule has 0 aliphatic carbocycles. The summed E-state index contributed by atoms with van der Waals surface area (Å²) in [5, 5.41) is 10.3. The molecular formula is C64H64N2S. The highest BCUT2D eigenvalue weighted by Crippen LogP contribution is 2.49. The lowest BCUT2D eigenvalue weighted by molar-refractivity contribution is 0.568. The van der Waals surface area contributed by atoms with E-state index in [-0.39, 0.29) is 21.7 Å². The molecule has 1 heterocycles. The minimum atomic E-state index is -0.00798. The van der Waals surface area contributed by atoms with Crippen LogP contribution in [-0.2, 0) is 21.7 Å². The Hall–Kier alpha value is -6.42. The highest BCUT2D eigenvalue weighted by Gasteiger charge is 2.26. The maximum atomic E-state index is 2.46. The first kappa shape index (κ1) is 44.4. The second-order valence-electron chi connectivity index (χ2n) is 22.8. The van der Waals surface area contributed by atoms with Gasteiger partial charge in [0, 0.05) is 59.7 Å². The van der Waals surface area contributed by atoms with E-state index in [1.807, 2.05) is 11.3 Å². The zero-order valence-electron chi connectivity index (χ0n) is 41.5. The molecule has 10 aromatic rings. The Bertz CT molecular complexity index is 3430. The first-order chi connectivity index (χ1) is 31.7. The van der Waals surface area contributed by atoms with Crippen LogP contribution in [0.3, 0.4) is 0 Å². The number of hydrogen-bond donors (Lipinski definition) is 0. The zero-order valence-corrected chi connectivity index (χ0v) is 42.3. The molecule has 0 aliphatic rings. The average Bonchev–Trinajstić information content (AvgIpc) is 3.69. The predicted molar refractivity (Wildman–Crippen MR) is 296 cm³/mol. The molecule has 10 rings (SSSR count). The van der Waals surface area contributed by atoms with Gasteiger partial charge in [-0.1, -0.05) is 180 Å². The second kappa shape index (κ2) is 16.1. The Labute approximate surface area is 402 Å². The standard InChI is InChI=1S/C64H64N2S/c1-61(2,3)42-34-43(62(4,5)6)37-50(36-42)65(46-21-15-13-16-22-46)48-28-31-52-41(33-48)27-30-56-58-54-26-20-19-25-53(54)57-40-49(29-32-55(57)60(58)67-59(52)56)66(47-23-17-14-18-24-47)51-38-44(63(7,8)9)35-45(39-51)64(10,11)12/h13-40H,1-12H3. The molecule has 0 atom stereocenters. The van der Waals surface area contributed by atoms with Crippen molar-refractivity contribution in [3.05, 3.63) is 192 Å². The third kappa shape index (κ3) is 8.16. The third-order valence-corrected chi connectivity index (χ3v) is 15.0. The number of anilines is 6. The van der Waals surface area contributed by atoms with Gasteiger partial charge in [-0.3, -0.25) is 0 Å². The molecule has 0 spiro atoms. The highest BCUT2D eigenvalue weighted by molar-refractivity contribution is 7.27. The maximum absolute atomic E-state index is 2.46. The quantitative estimate of drug-likeness (QED) is 0.154. The van der Waals surface area contributed by atoms with Crippen LogP contribution in [0.4, 0.5) is 34.1 Å². The van der Waals surface area contributed by atoms with Crippen LogP contribution >= 0.6 is 11.3 Å². The molecule has 0 unspecified atom stereocenters. The van der Waals surface area contributed by atoms with Crippen LogP contribution in [0.15, 0.2) is 170 Å². The largest absolute Gasteiger partial charge is 0.310 e. The van der Waals surface area contributed by atoms with Gasteiger partial charge >= 0.3 is 0 Å². The van der Waals surface area contributed by atoms with E-state index < -0.39 is 0 Å². The van der Waals surface area contributed by atoms with Gasteiger partial charge in [0.15, 0.2) is 0 Å². The molecule has 0 N–H and O–H groups in total. The normalized spacial score (nSPS) is 12.8. The van der Waals surface area contributed by atoms with Gasteiger partial charge in [0.05, 0.1) is 0 Å². The Morgan fingerprint density at radius 2 is 0.701 bits per heavy atom. The molecule has 3 heteroatoms. The van der Waals surface area contributed by atoms with Crippen molar-refractivity contribution in [2.75, 3.05) is 9.80 Å². The molecule has 0 amide bonds. The summed E-state index contributed by atoms with van der Waals surface area (Å²) in [6.45, 7) is 27.8. The Morgan fingerprint density at radius 3 is 1.18 bits per heavy atom. The number of rotatable bonds is 6. The molecule has 0 radical (unpaired) electrons. The van der Waals surface area contributed by atoms with Crippen LogP contribution in [0.5, 0.6) is 0 Å². The van der Waals surface area contributed by atoms with E-state index in [2.05, 4.69) is 263 Å². The monoisotopic (exact) mass is 892 g/mol. The number of para-hydroxylation sites is 2. The van der Waals surface area contributed by atoms with Gasteiger partial charge in [-0.05, 0) is 144 Å². The Kier molecular flexibility index (Phi) is 10.7. The molecule has 9 aromatic carbocycles. The first-order valence-electron chi connectivity index (χ1n) is 24.0. The predicted octanol–water partition coefficient (Wildman–Crippen LogP) is 19.6. The fourth-order valence-corrected chi connectivity index (χ4v) is 11.1. The van der Waals surface area contributed by atoms with E-state index >= 15 is 0 Å². The minimum absolute atomic E-state index is 0.0000727. The van der Waals surface area contributed by atoms with Gasteiger partial charge in [-0.2, -0.15) is 0 Å². The molecule has 2 nitrogen and oxygen atoms in total. The summed E-state index contributed by atoms with van der Waals surface area (Å²) in [5.74, 6) is 0. The summed E-state index contributed by atoms with van der Waals surface area (Å²) in [7, 11) is 0. The molecule has 336 valence electrons. The number of fused-ring (bicyclic) bond motifs is 10. The third-order valence-electron chi connectivity index (χ3n) is 13.8. The van der Waals surface area contributed by atoms with Gasteiger partial charge in [-0.15, -0.1) is 11.3 Å². The summed E-state index contributed by atoms with van der Waals surface area (Å²) < 4.78 is 2.67. The van der Waals surface area contributed by atoms with Crippen LogP contribution in [0.1, 0.15) is 105 Å². The van der Waals surface area contributed by atoms with Crippen molar-refractivity contribution in [1.82, 2.24) is 0 Å². The summed E-state index contributed by atoms with van der Waals surface area (Å²) >= 11 is 1.94. The smallest absolute Gasteiger partial charge is 0.0468 e. The van der Waals surface area contributed by atoms with Crippen LogP contribution < -0.4 is 9.80 Å². The molecule has 0 saturated heterocycles. The number of thiophene rings is 1. The molecule has 1 aromatic heterocycles. The Balaban J connectivity index is 1.17. The van der Waals surface area contributed by atoms with Crippen molar-refractivity contribution in [2.24, 2.45) is 0 Å². The minimum Gasteiger partial charge on any atom is -0.310 e. The number of hydrogen-bond acceptors (Lipinski definition) is 3. The van der Waals surface area contributed by atoms with Crippen LogP contribution in [0.2, 0.25) is 0 Å². The lowest BCUT2D eigenvalue weighted by atomic mass is 9.80.